The maximum Gasteiger partial charge on any atom is 0.221 e. The van der Waals surface area contributed by atoms with Gasteiger partial charge >= 0.3 is 0 Å². The number of nitrogens with one attached hydrogen (secondary N) is 1. The van der Waals surface area contributed by atoms with Gasteiger partial charge in [-0.3, -0.25) is 29.0 Å². The Labute approximate surface area is 676 Å². The second kappa shape index (κ2) is 30.3. The number of aromatic amines is 1. The molecule has 16 aromatic rings. The fourth-order valence-electron chi connectivity index (χ4n) is 15.8. The number of hydrogen-bond acceptors (Lipinski definition) is 22. The number of carbonyl (C=O) groups is 4. The third-order valence-corrected chi connectivity index (χ3v) is 22.5. The quantitative estimate of drug-likeness (QED) is 0.0758. The number of aromatic nitrogens is 14. The van der Waals surface area contributed by atoms with E-state index in [0.717, 1.165) is 128 Å². The van der Waals surface area contributed by atoms with Gasteiger partial charge in [-0.1, -0.05) is 197 Å². The van der Waals surface area contributed by atoms with Crippen molar-refractivity contribution in [2.24, 2.45) is 7.05 Å². The van der Waals surface area contributed by atoms with Gasteiger partial charge in [-0.05, 0) is 88.8 Å². The molecule has 4 aliphatic rings. The van der Waals surface area contributed by atoms with E-state index in [2.05, 4.69) is 71.4 Å². The number of anilines is 4. The highest BCUT2D eigenvalue weighted by Crippen LogP contribution is 2.48. The summed E-state index contributed by atoms with van der Waals surface area (Å²) in [5.41, 5.74) is 54.2. The summed E-state index contributed by atoms with van der Waals surface area (Å²) in [6.07, 6.45) is 10.1. The Balaban J connectivity index is 0.000000112. The lowest BCUT2D eigenvalue weighted by Gasteiger charge is -2.10. The molecule has 0 spiro atoms. The minimum Gasteiger partial charge on any atom is -0.368 e. The van der Waals surface area contributed by atoms with Crippen molar-refractivity contribution in [2.45, 2.75) is 81.1 Å². The lowest BCUT2D eigenvalue weighted by Crippen LogP contribution is -2.05. The van der Waals surface area contributed by atoms with Crippen molar-refractivity contribution in [3.05, 3.63) is 327 Å². The monoisotopic (exact) mass is 1560 g/mol. The highest BCUT2D eigenvalue weighted by molar-refractivity contribution is 7.11. The molecule has 9 N–H and O–H groups in total. The summed E-state index contributed by atoms with van der Waals surface area (Å²) in [6, 6.07) is 54.8. The second-order valence-electron chi connectivity index (χ2n) is 29.6. The number of hydrogen-bond donors (Lipinski definition) is 5. The van der Waals surface area contributed by atoms with Gasteiger partial charge in [0.2, 0.25) is 23.8 Å². The van der Waals surface area contributed by atoms with Crippen LogP contribution >= 0.6 is 11.3 Å². The zero-order valence-electron chi connectivity index (χ0n) is 65.4. The number of fused-ring (bicyclic) bond motifs is 12. The molecule has 23 nitrogen and oxygen atoms in total. The van der Waals surface area contributed by atoms with Crippen LogP contribution in [0.25, 0.3) is 90.1 Å². The number of rotatable bonds is 12. The molecule has 574 valence electrons. The number of H-pyrrole nitrogens is 1. The lowest BCUT2D eigenvalue weighted by molar-refractivity contribution is 0.103. The summed E-state index contributed by atoms with van der Waals surface area (Å²) in [5, 5.41) is 16.2. The Morgan fingerprint density at radius 1 is 0.368 bits per heavy atom. The molecule has 0 bridgehead atoms. The summed E-state index contributed by atoms with van der Waals surface area (Å²) in [7, 11) is 1.89. The number of benzene rings is 8. The van der Waals surface area contributed by atoms with Gasteiger partial charge in [0.15, 0.2) is 23.1 Å². The first-order chi connectivity index (χ1) is 56.5. The van der Waals surface area contributed by atoms with Crippen LogP contribution in [-0.4, -0.2) is 93.1 Å². The molecule has 0 aliphatic heterocycles. The molecular weight excluding hydrogens is 1480 g/mol. The summed E-state index contributed by atoms with van der Waals surface area (Å²) < 4.78 is 7.09. The van der Waals surface area contributed by atoms with Gasteiger partial charge in [0.05, 0.1) is 96.6 Å². The average Bonchev–Trinajstić information content (AvgIpc) is 1.63. The average molecular weight is 1560 g/mol. The molecule has 0 unspecified atom stereocenters. The normalized spacial score (nSPS) is 12.1. The van der Waals surface area contributed by atoms with Crippen LogP contribution in [0.1, 0.15) is 152 Å². The Hall–Kier alpha value is -14.8. The van der Waals surface area contributed by atoms with E-state index in [-0.39, 0.29) is 46.9 Å². The van der Waals surface area contributed by atoms with Crippen LogP contribution in [0.2, 0.25) is 0 Å². The first kappa shape index (κ1) is 74.9. The molecule has 0 radical (unpaired) electrons. The Morgan fingerprint density at radius 2 is 0.701 bits per heavy atom. The van der Waals surface area contributed by atoms with Crippen LogP contribution in [0.5, 0.6) is 0 Å². The van der Waals surface area contributed by atoms with Crippen LogP contribution in [0.4, 0.5) is 23.8 Å². The molecule has 0 saturated carbocycles. The fourth-order valence-corrected chi connectivity index (χ4v) is 16.8. The van der Waals surface area contributed by atoms with E-state index in [9.17, 15) is 19.2 Å². The zero-order chi connectivity index (χ0) is 81.4. The first-order valence-electron chi connectivity index (χ1n) is 37.9. The molecule has 8 aromatic heterocycles. The van der Waals surface area contributed by atoms with Crippen molar-refractivity contribution in [3.8, 4) is 90.1 Å². The number of nitrogens with two attached hydrogens (primary N) is 4. The Morgan fingerprint density at radius 3 is 1.00 bits per heavy atom. The molecule has 0 saturated heterocycles. The largest absolute Gasteiger partial charge is 0.368 e. The van der Waals surface area contributed by atoms with Crippen LogP contribution < -0.4 is 22.9 Å². The molecule has 0 atom stereocenters. The number of ketones is 4. The van der Waals surface area contributed by atoms with E-state index in [1.807, 2.05) is 245 Å². The van der Waals surface area contributed by atoms with Crippen molar-refractivity contribution in [2.75, 3.05) is 22.9 Å². The summed E-state index contributed by atoms with van der Waals surface area (Å²) in [6.45, 7) is 15.9. The van der Waals surface area contributed by atoms with Gasteiger partial charge in [0.25, 0.3) is 0 Å². The van der Waals surface area contributed by atoms with Gasteiger partial charge in [-0.25, -0.2) is 44.9 Å². The standard InChI is InChI=1S/C24H20N4O2.C24H20N4OS.C23H19N5O.C22H17N5O/c1-12-7-9-15(10-8-12)21-20-22(27-24(25)26-21)19-16(5-4-6-17(19)23(20)29)11-18-13(2)28-30-14(18)3;1-12-7-9-15(10-8-12)21-20-22(28-24(25)27-21)19-16(5-4-6-17(19)23(20)29)11-18-13(2)26-14(3)30-18;1-13-6-8-15(9-7-13)20-19-21(27-23(24)26-20)18-16(4-3-5-17(18)22(19)29)10-14-11-25-28(2)12-14;1-12-5-7-14(8-6-12)19-18-20(27-22(23)26-19)17-15(9-13-10-24-25-11-13)3-2-4-16(17)21(18)28/h4-10H,11H2,1-3H3,(H2,25,26,27);4-10H,11H2,1-3H3,(H2,25,27,28);3-9,11-12H,10H2,1-2H3,(H2,24,26,27);2-8,10-11H,9H2,1H3,(H,24,25)(H2,23,26,27). The number of thiazole rings is 1. The molecule has 8 heterocycles. The fraction of sp³-hybridized carbons (Fsp3) is 0.140. The predicted molar refractivity (Wildman–Crippen MR) is 453 cm³/mol. The van der Waals surface area contributed by atoms with Crippen molar-refractivity contribution in [1.82, 2.24) is 70.0 Å². The minimum atomic E-state index is -0.0730. The molecular formula is C93H76N18O5S. The van der Waals surface area contributed by atoms with E-state index in [1.165, 1.54) is 4.88 Å². The molecule has 24 heteroatoms. The van der Waals surface area contributed by atoms with Gasteiger partial charge < -0.3 is 27.5 Å². The van der Waals surface area contributed by atoms with E-state index in [4.69, 9.17) is 27.5 Å². The van der Waals surface area contributed by atoms with E-state index in [0.29, 0.717) is 116 Å². The highest BCUT2D eigenvalue weighted by Gasteiger charge is 2.39. The Kier molecular flexibility index (Phi) is 19.4. The minimum absolute atomic E-state index is 0.0466. The molecule has 117 heavy (non-hydrogen) atoms. The summed E-state index contributed by atoms with van der Waals surface area (Å²) in [5.74, 6) is 1.18. The summed E-state index contributed by atoms with van der Waals surface area (Å²) in [4.78, 5) is 94.8. The van der Waals surface area contributed by atoms with Gasteiger partial charge in [0.1, 0.15) is 5.76 Å². The van der Waals surface area contributed by atoms with Crippen LogP contribution in [0.3, 0.4) is 0 Å². The first-order valence-corrected chi connectivity index (χ1v) is 38.8. The topological polar surface area (TPSA) is 361 Å². The summed E-state index contributed by atoms with van der Waals surface area (Å²) >= 11 is 1.69. The third kappa shape index (κ3) is 14.1. The smallest absolute Gasteiger partial charge is 0.221 e. The molecule has 8 aromatic carbocycles. The molecule has 0 fully saturated rings. The number of carbonyl (C=O) groups excluding carboxylic acids is 4. The van der Waals surface area contributed by atoms with Gasteiger partial charge in [-0.15, -0.1) is 11.3 Å². The van der Waals surface area contributed by atoms with E-state index >= 15 is 0 Å². The van der Waals surface area contributed by atoms with Crippen molar-refractivity contribution in [3.63, 3.8) is 0 Å². The van der Waals surface area contributed by atoms with Crippen LogP contribution in [0.15, 0.2) is 199 Å². The highest BCUT2D eigenvalue weighted by atomic mass is 32.1. The Bertz CT molecular complexity index is 6720. The van der Waals surface area contributed by atoms with Crippen molar-refractivity contribution < 1.29 is 23.7 Å². The SMILES string of the molecule is Cc1ccc(-c2nc(N)nc3c2C(=O)c2cccc(Cc4c(C)noc4C)c2-3)cc1.Cc1ccc(-c2nc(N)nc3c2C(=O)c2cccc(Cc4cn[nH]c4)c2-3)cc1.Cc1ccc(-c2nc(N)nc3c2C(=O)c2cccc(Cc4cnn(C)c4)c2-3)cc1.Cc1ccc(-c2nc(N)nc3c2C(=O)c2cccc(Cc4sc(C)nc4C)c2-3)cc1. The van der Waals surface area contributed by atoms with E-state index in [1.54, 1.807) is 22.2 Å². The number of nitrogens with zero attached hydrogens (tertiary/aromatic N) is 13. The maximum atomic E-state index is 13.4. The maximum absolute atomic E-state index is 13.4. The van der Waals surface area contributed by atoms with Crippen LogP contribution in [0, 0.1) is 55.4 Å². The predicted octanol–water partition coefficient (Wildman–Crippen LogP) is 16.5. The molecule has 4 aliphatic carbocycles. The number of aryl methyl sites for hydroxylation is 9. The van der Waals surface area contributed by atoms with Gasteiger partial charge in [-0.2, -0.15) is 10.2 Å². The molecule has 20 rings (SSSR count). The third-order valence-electron chi connectivity index (χ3n) is 21.4. The van der Waals surface area contributed by atoms with E-state index < -0.39 is 0 Å². The van der Waals surface area contributed by atoms with Gasteiger partial charge in [0, 0.05) is 122 Å². The number of nitrogen functional groups attached to an aromatic ring is 4. The van der Waals surface area contributed by atoms with Crippen LogP contribution in [-0.2, 0) is 32.7 Å². The molecule has 0 amide bonds. The lowest BCUT2D eigenvalue weighted by atomic mass is 9.95. The zero-order valence-corrected chi connectivity index (χ0v) is 66.2. The van der Waals surface area contributed by atoms with Crippen molar-refractivity contribution >= 4 is 58.3 Å². The second-order valence-corrected chi connectivity index (χ2v) is 30.9. The van der Waals surface area contributed by atoms with Crippen molar-refractivity contribution in [1.29, 1.82) is 0 Å².